The van der Waals surface area contributed by atoms with Gasteiger partial charge in [-0.15, -0.1) is 0 Å². The van der Waals surface area contributed by atoms with E-state index < -0.39 is 0 Å². The molecule has 1 amide bonds. The Hall–Kier alpha value is -2.45. The predicted octanol–water partition coefficient (Wildman–Crippen LogP) is 2.79. The summed E-state index contributed by atoms with van der Waals surface area (Å²) in [5.41, 5.74) is 1.08. The van der Waals surface area contributed by atoms with E-state index in [0.29, 0.717) is 30.4 Å². The monoisotopic (exact) mass is 409 g/mol. The average Bonchev–Trinajstić information content (AvgIpc) is 2.97. The molecule has 0 saturated carbocycles. The molecule has 0 spiro atoms. The Kier molecular flexibility index (Phi) is 9.08. The van der Waals surface area contributed by atoms with Crippen molar-refractivity contribution in [1.29, 1.82) is 0 Å². The fourth-order valence-electron chi connectivity index (χ4n) is 2.13. The van der Waals surface area contributed by atoms with Crippen molar-refractivity contribution < 1.29 is 14.3 Å². The van der Waals surface area contributed by atoms with Gasteiger partial charge in [-0.3, -0.25) is 14.6 Å². The Morgan fingerprint density at radius 3 is 2.46 bits per heavy atom. The van der Waals surface area contributed by atoms with Crippen LogP contribution in [0.25, 0.3) is 5.69 Å². The van der Waals surface area contributed by atoms with E-state index >= 15 is 0 Å². The summed E-state index contributed by atoms with van der Waals surface area (Å²) in [6, 6.07) is 3.69. The molecule has 0 fully saturated rings. The van der Waals surface area contributed by atoms with Gasteiger partial charge in [0.2, 0.25) is 5.91 Å². The van der Waals surface area contributed by atoms with Crippen LogP contribution in [0.1, 0.15) is 27.7 Å². The van der Waals surface area contributed by atoms with Gasteiger partial charge in [-0.25, -0.2) is 4.68 Å². The molecular weight excluding hydrogens is 382 g/mol. The summed E-state index contributed by atoms with van der Waals surface area (Å²) in [4.78, 5) is 29.4. The number of likely N-dealkylation sites (N-methyl/N-ethyl adjacent to an activating group) is 2. The van der Waals surface area contributed by atoms with Gasteiger partial charge in [-0.2, -0.15) is 5.10 Å². The van der Waals surface area contributed by atoms with Crippen molar-refractivity contribution in [2.24, 2.45) is 0 Å². The van der Waals surface area contributed by atoms with Crippen LogP contribution in [-0.4, -0.2) is 64.8 Å². The number of pyridine rings is 1. The maximum atomic E-state index is 12.3. The summed E-state index contributed by atoms with van der Waals surface area (Å²) in [6.07, 6.45) is 5.12. The minimum atomic E-state index is -0.318. The topological polar surface area (TPSA) is 80.6 Å². The third-order valence-electron chi connectivity index (χ3n) is 3.32. The van der Waals surface area contributed by atoms with Gasteiger partial charge in [0.15, 0.2) is 5.15 Å². The molecule has 0 bridgehead atoms. The standard InChI is InChI=1S/C14H18ClN5O.C5H10O2/c1-4-19(13(21)10-18(2)3)12-9-20(17-14(12)15)11-6-5-7-16-8-11;1-5(2,3)7-4-6/h5-9H,4,10H2,1-3H3;4H,1-3H3. The van der Waals surface area contributed by atoms with Crippen molar-refractivity contribution in [3.8, 4) is 5.69 Å². The Morgan fingerprint density at radius 2 is 2.04 bits per heavy atom. The number of anilines is 1. The van der Waals surface area contributed by atoms with Crippen LogP contribution in [0, 0.1) is 0 Å². The van der Waals surface area contributed by atoms with Crippen LogP contribution in [0.15, 0.2) is 30.7 Å². The first-order chi connectivity index (χ1) is 13.1. The summed E-state index contributed by atoms with van der Waals surface area (Å²) in [6.45, 7) is 8.68. The molecule has 0 aromatic carbocycles. The van der Waals surface area contributed by atoms with Crippen molar-refractivity contribution in [2.75, 3.05) is 32.1 Å². The van der Waals surface area contributed by atoms with Crippen molar-refractivity contribution in [3.63, 3.8) is 0 Å². The van der Waals surface area contributed by atoms with E-state index in [1.165, 1.54) is 0 Å². The number of amides is 1. The Bertz CT molecular complexity index is 757. The van der Waals surface area contributed by atoms with Crippen molar-refractivity contribution >= 4 is 29.7 Å². The molecule has 0 aliphatic carbocycles. The third kappa shape index (κ3) is 7.66. The molecule has 0 radical (unpaired) electrons. The van der Waals surface area contributed by atoms with Gasteiger partial charge < -0.3 is 14.5 Å². The summed E-state index contributed by atoms with van der Waals surface area (Å²) in [5, 5.41) is 4.54. The summed E-state index contributed by atoms with van der Waals surface area (Å²) in [7, 11) is 3.71. The number of aromatic nitrogens is 3. The molecule has 0 aliphatic rings. The lowest BCUT2D eigenvalue weighted by Gasteiger charge is -2.21. The van der Waals surface area contributed by atoms with Crippen molar-refractivity contribution in [2.45, 2.75) is 33.3 Å². The highest BCUT2D eigenvalue weighted by Gasteiger charge is 2.20. The lowest BCUT2D eigenvalue weighted by molar-refractivity contribution is -0.138. The van der Waals surface area contributed by atoms with Crippen LogP contribution in [0.4, 0.5) is 5.69 Å². The van der Waals surface area contributed by atoms with Gasteiger partial charge in [0, 0.05) is 12.7 Å². The molecule has 0 atom stereocenters. The zero-order valence-electron chi connectivity index (χ0n) is 17.2. The lowest BCUT2D eigenvalue weighted by atomic mass is 10.2. The third-order valence-corrected chi connectivity index (χ3v) is 3.59. The number of carbonyl (C=O) groups excluding carboxylic acids is 2. The average molecular weight is 410 g/mol. The summed E-state index contributed by atoms with van der Waals surface area (Å²) < 4.78 is 6.17. The van der Waals surface area contributed by atoms with Gasteiger partial charge >= 0.3 is 0 Å². The number of nitrogens with zero attached hydrogens (tertiary/aromatic N) is 5. The van der Waals surface area contributed by atoms with Gasteiger partial charge in [-0.05, 0) is 53.9 Å². The van der Waals surface area contributed by atoms with E-state index in [-0.39, 0.29) is 11.5 Å². The van der Waals surface area contributed by atoms with Crippen LogP contribution in [-0.2, 0) is 14.3 Å². The second kappa shape index (κ2) is 10.8. The smallest absolute Gasteiger partial charge is 0.293 e. The second-order valence-corrected chi connectivity index (χ2v) is 7.52. The molecule has 2 rings (SSSR count). The first-order valence-corrected chi connectivity index (χ1v) is 9.19. The first kappa shape index (κ1) is 23.6. The number of ether oxygens (including phenoxy) is 1. The molecule has 2 aromatic rings. The summed E-state index contributed by atoms with van der Waals surface area (Å²) >= 11 is 6.19. The largest absolute Gasteiger partial charge is 0.462 e. The Morgan fingerprint density at radius 1 is 1.36 bits per heavy atom. The Labute approximate surface area is 171 Å². The fourth-order valence-corrected chi connectivity index (χ4v) is 2.36. The van der Waals surface area contributed by atoms with E-state index in [1.54, 1.807) is 28.2 Å². The quantitative estimate of drug-likeness (QED) is 0.682. The second-order valence-electron chi connectivity index (χ2n) is 7.16. The minimum Gasteiger partial charge on any atom is -0.462 e. The molecule has 0 saturated heterocycles. The van der Waals surface area contributed by atoms with Gasteiger partial charge in [0.1, 0.15) is 11.3 Å². The summed E-state index contributed by atoms with van der Waals surface area (Å²) in [5.74, 6) is -0.0184. The molecule has 154 valence electrons. The molecule has 0 aliphatic heterocycles. The molecule has 0 unspecified atom stereocenters. The highest BCUT2D eigenvalue weighted by Crippen LogP contribution is 2.26. The number of halogens is 1. The molecule has 0 N–H and O–H groups in total. The van der Waals surface area contributed by atoms with E-state index in [9.17, 15) is 9.59 Å². The number of carbonyl (C=O) groups is 2. The number of rotatable bonds is 6. The normalized spacial score (nSPS) is 10.9. The highest BCUT2D eigenvalue weighted by molar-refractivity contribution is 6.32. The fraction of sp³-hybridized carbons (Fsp3) is 0.474. The molecule has 28 heavy (non-hydrogen) atoms. The molecule has 8 nitrogen and oxygen atoms in total. The maximum absolute atomic E-state index is 12.3. The van der Waals surface area contributed by atoms with Gasteiger partial charge in [-0.1, -0.05) is 11.6 Å². The zero-order valence-corrected chi connectivity index (χ0v) is 18.0. The molecule has 2 heterocycles. The van der Waals surface area contributed by atoms with Crippen LogP contribution < -0.4 is 4.90 Å². The highest BCUT2D eigenvalue weighted by atomic mass is 35.5. The zero-order chi connectivity index (χ0) is 21.3. The predicted molar refractivity (Wildman–Crippen MR) is 110 cm³/mol. The lowest BCUT2D eigenvalue weighted by Crippen LogP contribution is -2.37. The van der Waals surface area contributed by atoms with Crippen molar-refractivity contribution in [1.82, 2.24) is 19.7 Å². The van der Waals surface area contributed by atoms with E-state index in [2.05, 4.69) is 14.8 Å². The van der Waals surface area contributed by atoms with Crippen LogP contribution in [0.2, 0.25) is 5.15 Å². The van der Waals surface area contributed by atoms with E-state index in [1.807, 2.05) is 58.8 Å². The SMILES string of the molecule is CC(C)(C)OC=O.CCN(C(=O)CN(C)C)c1cn(-c2cccnc2)nc1Cl. The van der Waals surface area contributed by atoms with Gasteiger partial charge in [0.25, 0.3) is 6.47 Å². The van der Waals surface area contributed by atoms with Crippen LogP contribution in [0.5, 0.6) is 0 Å². The molecule has 9 heteroatoms. The van der Waals surface area contributed by atoms with Crippen LogP contribution in [0.3, 0.4) is 0 Å². The Balaban J connectivity index is 0.000000480. The van der Waals surface area contributed by atoms with Gasteiger partial charge in [0.05, 0.1) is 24.6 Å². The number of hydrogen-bond acceptors (Lipinski definition) is 6. The molecule has 2 aromatic heterocycles. The van der Waals surface area contributed by atoms with E-state index in [0.717, 1.165) is 5.69 Å². The number of hydrogen-bond donors (Lipinski definition) is 0. The maximum Gasteiger partial charge on any atom is 0.293 e. The minimum absolute atomic E-state index is 0.0184. The van der Waals surface area contributed by atoms with Crippen LogP contribution >= 0.6 is 11.6 Å². The first-order valence-electron chi connectivity index (χ1n) is 8.81. The van der Waals surface area contributed by atoms with E-state index in [4.69, 9.17) is 11.6 Å². The molecular formula is C19H28ClN5O3. The van der Waals surface area contributed by atoms with Crippen molar-refractivity contribution in [3.05, 3.63) is 35.9 Å².